The Labute approximate surface area is 255 Å². The van der Waals surface area contributed by atoms with E-state index in [0.29, 0.717) is 0 Å². The van der Waals surface area contributed by atoms with Gasteiger partial charge in [-0.3, -0.25) is 0 Å². The molecule has 0 saturated heterocycles. The van der Waals surface area contributed by atoms with Crippen molar-refractivity contribution in [2.75, 3.05) is 0 Å². The molecule has 0 aliphatic heterocycles. The molecular weight excluding hydrogens is 587 g/mol. The van der Waals surface area contributed by atoms with E-state index in [0.717, 1.165) is 6.42 Å². The summed E-state index contributed by atoms with van der Waals surface area (Å²) in [5.74, 6) is 0.0450. The molecule has 40 heavy (non-hydrogen) atoms. The first-order chi connectivity index (χ1) is 19.1. The van der Waals surface area contributed by atoms with Gasteiger partial charge in [0.1, 0.15) is 0 Å². The van der Waals surface area contributed by atoms with E-state index in [4.69, 9.17) is 19.9 Å². The van der Waals surface area contributed by atoms with Gasteiger partial charge in [-0.15, -0.1) is 0 Å². The molecule has 3 rings (SSSR count). The molecule has 0 saturated carbocycles. The Balaban J connectivity index is 2.10. The summed E-state index contributed by atoms with van der Waals surface area (Å²) in [5.41, 5.74) is 0. The maximum atomic E-state index is 7.66. The zero-order valence-electron chi connectivity index (χ0n) is 26.0. The van der Waals surface area contributed by atoms with Crippen LogP contribution in [0.2, 0.25) is 18.1 Å². The van der Waals surface area contributed by atoms with Gasteiger partial charge < -0.3 is 0 Å². The first-order valence-corrected chi connectivity index (χ1v) is 22.9. The number of hydrogen-bond acceptors (Lipinski definition) is 1. The minimum atomic E-state index is -3.24. The third-order valence-corrected chi connectivity index (χ3v) is 24.2. The molecular formula is C36H54BrOPSi. The van der Waals surface area contributed by atoms with Crippen LogP contribution in [-0.2, 0) is 4.43 Å². The van der Waals surface area contributed by atoms with Crippen molar-refractivity contribution in [3.05, 3.63) is 91.0 Å². The van der Waals surface area contributed by atoms with Crippen molar-refractivity contribution in [2.45, 2.75) is 116 Å². The van der Waals surface area contributed by atoms with E-state index in [2.05, 4.69) is 132 Å². The zero-order chi connectivity index (χ0) is 29.1. The van der Waals surface area contributed by atoms with Crippen molar-refractivity contribution in [3.8, 4) is 0 Å². The number of rotatable bonds is 16. The van der Waals surface area contributed by atoms with Gasteiger partial charge in [-0.25, -0.2) is 0 Å². The number of hydrogen-bond donors (Lipinski definition) is 0. The van der Waals surface area contributed by atoms with E-state index >= 15 is 0 Å². The van der Waals surface area contributed by atoms with Gasteiger partial charge in [0.15, 0.2) is 0 Å². The van der Waals surface area contributed by atoms with Gasteiger partial charge in [-0.05, 0) is 0 Å². The van der Waals surface area contributed by atoms with Gasteiger partial charge in [0.2, 0.25) is 0 Å². The van der Waals surface area contributed by atoms with E-state index in [9.17, 15) is 0 Å². The third kappa shape index (κ3) is 7.38. The number of halogens is 1. The fraction of sp³-hybridized carbons (Fsp3) is 0.500. The van der Waals surface area contributed by atoms with E-state index in [1.54, 1.807) is 0 Å². The van der Waals surface area contributed by atoms with Crippen LogP contribution in [0.5, 0.6) is 0 Å². The summed E-state index contributed by atoms with van der Waals surface area (Å²) in [7, 11) is -2.11. The fourth-order valence-corrected chi connectivity index (χ4v) is 16.7. The second-order valence-corrected chi connectivity index (χ2v) is 26.5. The van der Waals surface area contributed by atoms with Gasteiger partial charge in [-0.2, -0.15) is 0 Å². The van der Waals surface area contributed by atoms with Crippen molar-refractivity contribution >= 4 is 45.0 Å². The van der Waals surface area contributed by atoms with Crippen LogP contribution in [0, 0.1) is 0 Å². The van der Waals surface area contributed by atoms with Crippen LogP contribution in [0.15, 0.2) is 91.0 Å². The molecule has 0 N–H and O–H groups in total. The molecule has 1 nitrogen and oxygen atoms in total. The summed E-state index contributed by atoms with van der Waals surface area (Å²) < 4.78 is 7.66. The second kappa shape index (κ2) is 14.8. The summed E-state index contributed by atoms with van der Waals surface area (Å²) in [5, 5.41) is 0.939. The molecule has 0 fully saturated rings. The first-order valence-electron chi connectivity index (χ1n) is 15.6. The van der Waals surface area contributed by atoms with Crippen molar-refractivity contribution in [1.82, 2.24) is 0 Å². The molecule has 0 heterocycles. The van der Waals surface area contributed by atoms with E-state index in [1.165, 1.54) is 73.7 Å². The maximum absolute atomic E-state index is 7.66. The third-order valence-electron chi connectivity index (χ3n) is 9.12. The molecule has 0 radical (unpaired) electrons. The number of benzene rings is 3. The molecule has 4 heteroatoms. The van der Waals surface area contributed by atoms with Gasteiger partial charge in [-0.1, -0.05) is 0 Å². The Morgan fingerprint density at radius 3 is 1.32 bits per heavy atom. The van der Waals surface area contributed by atoms with Crippen LogP contribution in [0.3, 0.4) is 0 Å². The van der Waals surface area contributed by atoms with E-state index in [-0.39, 0.29) is 10.9 Å². The van der Waals surface area contributed by atoms with Crippen molar-refractivity contribution in [3.63, 3.8) is 0 Å². The molecule has 0 aromatic heterocycles. The quantitative estimate of drug-likeness (QED) is 0.0859. The molecule has 0 spiro atoms. The van der Waals surface area contributed by atoms with Crippen LogP contribution in [0.1, 0.15) is 91.9 Å². The molecule has 0 aliphatic carbocycles. The predicted octanol–water partition coefficient (Wildman–Crippen LogP) is 11.1. The van der Waals surface area contributed by atoms with Crippen LogP contribution < -0.4 is 15.9 Å². The minimum absolute atomic E-state index is 0.0450. The standard InChI is InChI=1S/C36H54BrOPSi/c1-7-8-9-10-11-12-13-14-24-31-35(38-40(5,6)36(2,3)4)39(37,32-25-18-15-19-26-32,33-27-20-16-21-28-33)34-29-22-17-23-30-34/h15-23,25-30,35H,7-14,24,31H2,1-6H3. The van der Waals surface area contributed by atoms with Crippen LogP contribution in [0.4, 0.5) is 0 Å². The monoisotopic (exact) mass is 640 g/mol. The van der Waals surface area contributed by atoms with E-state index < -0.39 is 13.6 Å². The Hall–Kier alpha value is -1.25. The molecule has 0 amide bonds. The summed E-state index contributed by atoms with van der Waals surface area (Å²) in [6, 6.07) is 33.6. The normalized spacial score (nSPS) is 14.4. The Morgan fingerprint density at radius 2 is 0.975 bits per heavy atom. The molecule has 3 aromatic rings. The topological polar surface area (TPSA) is 9.23 Å². The molecule has 3 aromatic carbocycles. The Bertz CT molecular complexity index is 1030. The molecule has 1 atom stereocenters. The molecule has 0 aliphatic rings. The molecule has 1 unspecified atom stereocenters. The second-order valence-electron chi connectivity index (χ2n) is 13.0. The Kier molecular flexibility index (Phi) is 12.3. The first kappa shape index (κ1) is 33.3. The summed E-state index contributed by atoms with van der Waals surface area (Å²) in [6.07, 6.45) is 13.0. The molecule has 220 valence electrons. The van der Waals surface area contributed by atoms with Crippen LogP contribution in [0.25, 0.3) is 0 Å². The summed E-state index contributed by atoms with van der Waals surface area (Å²) in [4.78, 5) is 0. The van der Waals surface area contributed by atoms with Crippen molar-refractivity contribution in [2.24, 2.45) is 0 Å². The zero-order valence-corrected chi connectivity index (χ0v) is 29.5. The number of unbranched alkanes of at least 4 members (excludes halogenated alkanes) is 8. The predicted molar refractivity (Wildman–Crippen MR) is 188 cm³/mol. The fourth-order valence-electron chi connectivity index (χ4n) is 5.65. The summed E-state index contributed by atoms with van der Waals surface area (Å²) >= 11 is 4.75. The average molecular weight is 642 g/mol. The van der Waals surface area contributed by atoms with Gasteiger partial charge >= 0.3 is 256 Å². The van der Waals surface area contributed by atoms with Gasteiger partial charge in [0.25, 0.3) is 0 Å². The van der Waals surface area contributed by atoms with Crippen LogP contribution >= 0.6 is 20.8 Å². The summed E-state index contributed by atoms with van der Waals surface area (Å²) in [6.45, 7) is 14.2. The Morgan fingerprint density at radius 1 is 0.625 bits per heavy atom. The van der Waals surface area contributed by atoms with Gasteiger partial charge in [0.05, 0.1) is 0 Å². The van der Waals surface area contributed by atoms with Gasteiger partial charge in [0, 0.05) is 0 Å². The van der Waals surface area contributed by atoms with Crippen LogP contribution in [-0.4, -0.2) is 14.2 Å². The van der Waals surface area contributed by atoms with Crippen molar-refractivity contribution in [1.29, 1.82) is 0 Å². The average Bonchev–Trinajstić information content (AvgIpc) is 2.96. The van der Waals surface area contributed by atoms with Crippen molar-refractivity contribution < 1.29 is 4.43 Å². The SMILES string of the molecule is CCCCCCCCCCCC(O[Si](C)(C)C(C)(C)C)P(Br)(c1ccccc1)(c1ccccc1)c1ccccc1. The molecule has 0 bridgehead atoms. The van der Waals surface area contributed by atoms with E-state index in [1.807, 2.05) is 0 Å².